The number of carbonyl (C=O) groups is 1. The lowest BCUT2D eigenvalue weighted by Gasteiger charge is -2.19. The molecule has 1 aliphatic rings. The van der Waals surface area contributed by atoms with E-state index in [9.17, 15) is 4.79 Å². The lowest BCUT2D eigenvalue weighted by molar-refractivity contribution is 0.0514. The summed E-state index contributed by atoms with van der Waals surface area (Å²) in [6.45, 7) is 0.470. The van der Waals surface area contributed by atoms with Crippen LogP contribution in [0.2, 0.25) is 5.02 Å². The molecule has 23 heavy (non-hydrogen) atoms. The first-order valence-corrected chi connectivity index (χ1v) is 7.40. The maximum absolute atomic E-state index is 12.0. The quantitative estimate of drug-likeness (QED) is 0.635. The Morgan fingerprint density at radius 3 is 2.74 bits per heavy atom. The van der Waals surface area contributed by atoms with Crippen molar-refractivity contribution in [3.05, 3.63) is 58.6 Å². The van der Waals surface area contributed by atoms with E-state index in [4.69, 9.17) is 25.9 Å². The Bertz CT molecular complexity index is 756. The van der Waals surface area contributed by atoms with Crippen molar-refractivity contribution < 1.29 is 19.1 Å². The van der Waals surface area contributed by atoms with Gasteiger partial charge in [0.15, 0.2) is 0 Å². The molecule has 1 aliphatic heterocycles. The molecule has 0 aliphatic carbocycles. The third kappa shape index (κ3) is 3.46. The van der Waals surface area contributed by atoms with E-state index in [2.05, 4.69) is 5.16 Å². The Morgan fingerprint density at radius 2 is 2.00 bits per heavy atom. The van der Waals surface area contributed by atoms with Crippen molar-refractivity contribution in [3.8, 4) is 11.5 Å². The van der Waals surface area contributed by atoms with Gasteiger partial charge in [0, 0.05) is 23.1 Å². The number of halogens is 1. The van der Waals surface area contributed by atoms with Crippen LogP contribution in [0.4, 0.5) is 0 Å². The van der Waals surface area contributed by atoms with E-state index in [1.165, 1.54) is 0 Å². The largest absolute Gasteiger partial charge is 0.497 e. The smallest absolute Gasteiger partial charge is 0.365 e. The zero-order valence-corrected chi connectivity index (χ0v) is 13.2. The van der Waals surface area contributed by atoms with Crippen LogP contribution in [0.3, 0.4) is 0 Å². The van der Waals surface area contributed by atoms with Crippen molar-refractivity contribution in [2.24, 2.45) is 5.16 Å². The fourth-order valence-electron chi connectivity index (χ4n) is 2.21. The monoisotopic (exact) mass is 331 g/mol. The number of rotatable bonds is 3. The fourth-order valence-corrected chi connectivity index (χ4v) is 2.34. The van der Waals surface area contributed by atoms with Gasteiger partial charge in [-0.25, -0.2) is 4.79 Å². The van der Waals surface area contributed by atoms with Crippen LogP contribution in [0, 0.1) is 0 Å². The summed E-state index contributed by atoms with van der Waals surface area (Å²) in [6, 6.07) is 11.9. The van der Waals surface area contributed by atoms with Crippen LogP contribution < -0.4 is 9.47 Å². The molecule has 118 valence electrons. The lowest BCUT2D eigenvalue weighted by atomic mass is 10.0. The van der Waals surface area contributed by atoms with Gasteiger partial charge in [-0.1, -0.05) is 16.8 Å². The number of carbonyl (C=O) groups excluding carboxylic acids is 1. The molecule has 5 nitrogen and oxygen atoms in total. The summed E-state index contributed by atoms with van der Waals surface area (Å²) in [5.41, 5.74) is 1.85. The minimum Gasteiger partial charge on any atom is -0.497 e. The molecule has 0 saturated heterocycles. The van der Waals surface area contributed by atoms with Gasteiger partial charge in [-0.2, -0.15) is 0 Å². The Balaban J connectivity index is 1.79. The molecule has 0 unspecified atom stereocenters. The zero-order chi connectivity index (χ0) is 16.2. The van der Waals surface area contributed by atoms with Crippen LogP contribution in [0.5, 0.6) is 11.5 Å². The summed E-state index contributed by atoms with van der Waals surface area (Å²) in [7, 11) is 1.59. The van der Waals surface area contributed by atoms with Crippen LogP contribution in [0.25, 0.3) is 0 Å². The highest BCUT2D eigenvalue weighted by atomic mass is 35.5. The van der Waals surface area contributed by atoms with Crippen LogP contribution in [0.15, 0.2) is 47.6 Å². The van der Waals surface area contributed by atoms with Crippen molar-refractivity contribution >= 4 is 23.3 Å². The SMILES string of the molecule is COc1ccc2c(c1)OCCC2=NOC(=O)c1ccc(Cl)cc1. The van der Waals surface area contributed by atoms with Gasteiger partial charge in [-0.15, -0.1) is 0 Å². The molecule has 0 atom stereocenters. The van der Waals surface area contributed by atoms with Crippen molar-refractivity contribution in [1.29, 1.82) is 0 Å². The second kappa shape index (κ2) is 6.71. The molecule has 0 spiro atoms. The first-order chi connectivity index (χ1) is 11.2. The van der Waals surface area contributed by atoms with Crippen LogP contribution in [-0.4, -0.2) is 25.4 Å². The van der Waals surface area contributed by atoms with E-state index < -0.39 is 5.97 Å². The minimum atomic E-state index is -0.532. The summed E-state index contributed by atoms with van der Waals surface area (Å²) in [4.78, 5) is 17.0. The van der Waals surface area contributed by atoms with Gasteiger partial charge < -0.3 is 14.3 Å². The highest BCUT2D eigenvalue weighted by Crippen LogP contribution is 2.29. The van der Waals surface area contributed by atoms with Crippen LogP contribution in [0.1, 0.15) is 22.3 Å². The standard InChI is InChI=1S/C17H14ClNO4/c1-21-13-6-7-14-15(8-9-22-16(14)10-13)19-23-17(20)11-2-4-12(18)5-3-11/h2-7,10H,8-9H2,1H3. The fraction of sp³-hybridized carbons (Fsp3) is 0.176. The average molecular weight is 332 g/mol. The Labute approximate surface area is 138 Å². The van der Waals surface area contributed by atoms with E-state index in [0.717, 1.165) is 5.56 Å². The number of ether oxygens (including phenoxy) is 2. The maximum atomic E-state index is 12.0. The number of oxime groups is 1. The number of hydrogen-bond acceptors (Lipinski definition) is 5. The van der Waals surface area contributed by atoms with E-state index in [-0.39, 0.29) is 0 Å². The highest BCUT2D eigenvalue weighted by Gasteiger charge is 2.19. The summed E-state index contributed by atoms with van der Waals surface area (Å²) in [5.74, 6) is 0.829. The number of fused-ring (bicyclic) bond motifs is 1. The van der Waals surface area contributed by atoms with E-state index >= 15 is 0 Å². The van der Waals surface area contributed by atoms with Gasteiger partial charge in [0.05, 0.1) is 25.0 Å². The number of hydrogen-bond donors (Lipinski definition) is 0. The molecular formula is C17H14ClNO4. The molecule has 0 radical (unpaired) electrons. The van der Waals surface area contributed by atoms with Gasteiger partial charge in [0.2, 0.25) is 0 Å². The lowest BCUT2D eigenvalue weighted by Crippen LogP contribution is -2.17. The Kier molecular flexibility index (Phi) is 4.48. The molecule has 0 amide bonds. The molecule has 1 heterocycles. The number of benzene rings is 2. The highest BCUT2D eigenvalue weighted by molar-refractivity contribution is 6.30. The van der Waals surface area contributed by atoms with Gasteiger partial charge >= 0.3 is 5.97 Å². The molecular weight excluding hydrogens is 318 g/mol. The van der Waals surface area contributed by atoms with Gasteiger partial charge in [-0.3, -0.25) is 0 Å². The maximum Gasteiger partial charge on any atom is 0.365 e. The first kappa shape index (κ1) is 15.4. The van der Waals surface area contributed by atoms with Crippen molar-refractivity contribution in [1.82, 2.24) is 0 Å². The first-order valence-electron chi connectivity index (χ1n) is 7.02. The molecule has 2 aromatic carbocycles. The van der Waals surface area contributed by atoms with E-state index in [1.54, 1.807) is 37.4 Å². The molecule has 0 aromatic heterocycles. The second-order valence-electron chi connectivity index (χ2n) is 4.88. The Hall–Kier alpha value is -2.53. The predicted molar refractivity (Wildman–Crippen MR) is 86.5 cm³/mol. The van der Waals surface area contributed by atoms with Gasteiger partial charge in [0.1, 0.15) is 11.5 Å². The van der Waals surface area contributed by atoms with Gasteiger partial charge in [0.25, 0.3) is 0 Å². The summed E-state index contributed by atoms with van der Waals surface area (Å²) in [5, 5.41) is 4.55. The molecule has 3 rings (SSSR count). The molecule has 6 heteroatoms. The van der Waals surface area contributed by atoms with Crippen LogP contribution in [-0.2, 0) is 4.84 Å². The number of methoxy groups -OCH3 is 1. The third-order valence-electron chi connectivity index (χ3n) is 3.41. The summed E-state index contributed by atoms with van der Waals surface area (Å²) >= 11 is 5.79. The topological polar surface area (TPSA) is 57.1 Å². The molecule has 0 saturated carbocycles. The van der Waals surface area contributed by atoms with Crippen molar-refractivity contribution in [3.63, 3.8) is 0 Å². The minimum absolute atomic E-state index is 0.390. The Morgan fingerprint density at radius 1 is 1.22 bits per heavy atom. The molecule has 0 N–H and O–H groups in total. The molecule has 0 fully saturated rings. The normalized spacial score (nSPS) is 14.8. The van der Waals surface area contributed by atoms with Crippen LogP contribution >= 0.6 is 11.6 Å². The van der Waals surface area contributed by atoms with Gasteiger partial charge in [-0.05, 0) is 36.4 Å². The van der Waals surface area contributed by atoms with Crippen molar-refractivity contribution in [2.75, 3.05) is 13.7 Å². The van der Waals surface area contributed by atoms with E-state index in [0.29, 0.717) is 40.8 Å². The molecule has 0 bridgehead atoms. The summed E-state index contributed by atoms with van der Waals surface area (Å²) in [6.07, 6.45) is 0.563. The van der Waals surface area contributed by atoms with E-state index in [1.807, 2.05) is 12.1 Å². The third-order valence-corrected chi connectivity index (χ3v) is 3.67. The van der Waals surface area contributed by atoms with Crippen molar-refractivity contribution in [2.45, 2.75) is 6.42 Å². The number of nitrogens with zero attached hydrogens (tertiary/aromatic N) is 1. The second-order valence-corrected chi connectivity index (χ2v) is 5.32. The zero-order valence-electron chi connectivity index (χ0n) is 12.4. The molecule has 2 aromatic rings. The predicted octanol–water partition coefficient (Wildman–Crippen LogP) is 3.69. The summed E-state index contributed by atoms with van der Waals surface area (Å²) < 4.78 is 10.7. The average Bonchev–Trinajstić information content (AvgIpc) is 2.59.